The van der Waals surface area contributed by atoms with Crippen LogP contribution in [-0.4, -0.2) is 22.3 Å². The number of aromatic amines is 1. The monoisotopic (exact) mass is 194 g/mol. The molecule has 74 valence electrons. The summed E-state index contributed by atoms with van der Waals surface area (Å²) in [5, 5.41) is 9.21. The maximum absolute atomic E-state index is 10.2. The molecule has 6 heteroatoms. The highest BCUT2D eigenvalue weighted by Gasteiger charge is 1.99. The number of nitrogens with zero attached hydrogens (tertiary/aromatic N) is 2. The quantitative estimate of drug-likeness (QED) is 0.591. The largest absolute Gasteiger partial charge is 0.273 e. The topological polar surface area (TPSA) is 87.2 Å². The van der Waals surface area contributed by atoms with E-state index in [2.05, 4.69) is 20.7 Å². The Labute approximate surface area is 80.0 Å². The number of H-pyrrole nitrogens is 1. The van der Waals surface area contributed by atoms with Crippen molar-refractivity contribution in [2.75, 3.05) is 0 Å². The van der Waals surface area contributed by atoms with Gasteiger partial charge in [-0.15, -0.1) is 0 Å². The fourth-order valence-corrected chi connectivity index (χ4v) is 0.745. The Bertz CT molecular complexity index is 354. The van der Waals surface area contributed by atoms with E-state index in [0.29, 0.717) is 6.42 Å². The second kappa shape index (κ2) is 5.63. The molecular weight excluding hydrogens is 184 g/mol. The average Bonchev–Trinajstić information content (AvgIpc) is 2.21. The molecule has 1 aromatic rings. The highest BCUT2D eigenvalue weighted by molar-refractivity contribution is 5.81. The van der Waals surface area contributed by atoms with Gasteiger partial charge >= 0.3 is 0 Å². The minimum absolute atomic E-state index is 0.0162. The number of hydrogen-bond donors (Lipinski definition) is 2. The standard InChI is InChI=1S/C4H6N2O.C4H4N2O/c2*7-4-2-1-3-5-6-4/h3H,1-2H2,(H,6,7);1-3H,(H,6,7). The molecule has 14 heavy (non-hydrogen) atoms. The van der Waals surface area contributed by atoms with Crippen LogP contribution in [-0.2, 0) is 4.79 Å². The van der Waals surface area contributed by atoms with Crippen molar-refractivity contribution in [3.05, 3.63) is 28.7 Å². The summed E-state index contributed by atoms with van der Waals surface area (Å²) in [6, 6.07) is 2.99. The Kier molecular flexibility index (Phi) is 4.06. The zero-order valence-electron chi connectivity index (χ0n) is 7.43. The van der Waals surface area contributed by atoms with Gasteiger partial charge in [0.05, 0.1) is 0 Å². The lowest BCUT2D eigenvalue weighted by Gasteiger charge is -1.99. The van der Waals surface area contributed by atoms with E-state index in [4.69, 9.17) is 0 Å². The van der Waals surface area contributed by atoms with Gasteiger partial charge in [-0.3, -0.25) is 9.59 Å². The van der Waals surface area contributed by atoms with E-state index in [1.807, 2.05) is 0 Å². The molecule has 1 amide bonds. The van der Waals surface area contributed by atoms with E-state index in [0.717, 1.165) is 6.42 Å². The van der Waals surface area contributed by atoms with Crippen LogP contribution < -0.4 is 11.0 Å². The summed E-state index contributed by atoms with van der Waals surface area (Å²) in [4.78, 5) is 20.4. The van der Waals surface area contributed by atoms with E-state index >= 15 is 0 Å². The molecule has 2 rings (SSSR count). The predicted molar refractivity (Wildman–Crippen MR) is 50.7 cm³/mol. The molecule has 0 bridgehead atoms. The molecule has 0 saturated heterocycles. The number of aromatic nitrogens is 2. The molecule has 1 aromatic heterocycles. The van der Waals surface area contributed by atoms with Crippen molar-refractivity contribution in [1.29, 1.82) is 0 Å². The van der Waals surface area contributed by atoms with Crippen LogP contribution in [0.25, 0.3) is 0 Å². The third-order valence-electron chi connectivity index (χ3n) is 1.36. The fourth-order valence-electron chi connectivity index (χ4n) is 0.745. The zero-order valence-corrected chi connectivity index (χ0v) is 7.43. The van der Waals surface area contributed by atoms with Gasteiger partial charge in [-0.1, -0.05) is 0 Å². The molecule has 0 atom stereocenters. The Balaban J connectivity index is 0.000000140. The summed E-state index contributed by atoms with van der Waals surface area (Å²) >= 11 is 0. The van der Waals surface area contributed by atoms with Crippen molar-refractivity contribution in [3.8, 4) is 0 Å². The Morgan fingerprint density at radius 3 is 2.50 bits per heavy atom. The van der Waals surface area contributed by atoms with Crippen LogP contribution in [0.5, 0.6) is 0 Å². The van der Waals surface area contributed by atoms with Crippen molar-refractivity contribution >= 4 is 12.1 Å². The number of nitrogens with one attached hydrogen (secondary N) is 2. The van der Waals surface area contributed by atoms with Gasteiger partial charge < -0.3 is 0 Å². The van der Waals surface area contributed by atoms with Gasteiger partial charge in [-0.05, 0) is 12.5 Å². The minimum atomic E-state index is -0.164. The highest BCUT2D eigenvalue weighted by atomic mass is 16.2. The molecule has 0 unspecified atom stereocenters. The molecule has 1 aliphatic heterocycles. The van der Waals surface area contributed by atoms with Crippen LogP contribution in [0.3, 0.4) is 0 Å². The molecule has 0 fully saturated rings. The van der Waals surface area contributed by atoms with Crippen molar-refractivity contribution in [2.45, 2.75) is 12.8 Å². The van der Waals surface area contributed by atoms with Gasteiger partial charge in [-0.2, -0.15) is 10.2 Å². The first-order chi connectivity index (χ1) is 6.79. The molecule has 0 aromatic carbocycles. The number of amides is 1. The molecule has 0 spiro atoms. The van der Waals surface area contributed by atoms with Crippen LogP contribution in [0.15, 0.2) is 28.2 Å². The SMILES string of the molecule is O=C1CCC=NN1.O=c1cccn[nH]1. The third kappa shape index (κ3) is 4.15. The Hall–Kier alpha value is -1.98. The lowest BCUT2D eigenvalue weighted by Crippen LogP contribution is -2.20. The smallest absolute Gasteiger partial charge is 0.264 e. The fraction of sp³-hybridized carbons (Fsp3) is 0.250. The molecular formula is C8H10N4O2. The van der Waals surface area contributed by atoms with Crippen molar-refractivity contribution < 1.29 is 4.79 Å². The minimum Gasteiger partial charge on any atom is -0.273 e. The number of carbonyl (C=O) groups is 1. The number of hydrazone groups is 1. The van der Waals surface area contributed by atoms with Gasteiger partial charge in [-0.25, -0.2) is 10.5 Å². The average molecular weight is 194 g/mol. The molecule has 6 nitrogen and oxygen atoms in total. The van der Waals surface area contributed by atoms with E-state index in [1.54, 1.807) is 12.3 Å². The lowest BCUT2D eigenvalue weighted by molar-refractivity contribution is -0.121. The van der Waals surface area contributed by atoms with Crippen LogP contribution in [0.2, 0.25) is 0 Å². The predicted octanol–water partition coefficient (Wildman–Crippen LogP) is -0.348. The molecule has 2 N–H and O–H groups in total. The van der Waals surface area contributed by atoms with Gasteiger partial charge in [0.1, 0.15) is 0 Å². The first-order valence-corrected chi connectivity index (χ1v) is 4.09. The summed E-state index contributed by atoms with van der Waals surface area (Å²) in [7, 11) is 0. The third-order valence-corrected chi connectivity index (χ3v) is 1.36. The van der Waals surface area contributed by atoms with Gasteiger partial charge in [0.2, 0.25) is 5.91 Å². The van der Waals surface area contributed by atoms with E-state index in [-0.39, 0.29) is 11.5 Å². The summed E-state index contributed by atoms with van der Waals surface area (Å²) in [6.07, 6.45) is 4.58. The first-order valence-electron chi connectivity index (χ1n) is 4.09. The molecule has 0 saturated carbocycles. The molecule has 0 aliphatic carbocycles. The van der Waals surface area contributed by atoms with Crippen LogP contribution in [0.1, 0.15) is 12.8 Å². The van der Waals surface area contributed by atoms with Crippen LogP contribution in [0.4, 0.5) is 0 Å². The van der Waals surface area contributed by atoms with Crippen LogP contribution in [0, 0.1) is 0 Å². The van der Waals surface area contributed by atoms with Crippen LogP contribution >= 0.6 is 0 Å². The van der Waals surface area contributed by atoms with Gasteiger partial charge in [0.25, 0.3) is 5.56 Å². The molecule has 0 radical (unpaired) electrons. The number of rotatable bonds is 0. The van der Waals surface area contributed by atoms with E-state index < -0.39 is 0 Å². The van der Waals surface area contributed by atoms with Gasteiger partial charge in [0, 0.05) is 24.9 Å². The first kappa shape index (κ1) is 10.1. The highest BCUT2D eigenvalue weighted by Crippen LogP contribution is 1.88. The van der Waals surface area contributed by atoms with Gasteiger partial charge in [0.15, 0.2) is 0 Å². The Morgan fingerprint density at radius 2 is 2.21 bits per heavy atom. The zero-order chi connectivity index (χ0) is 10.2. The maximum Gasteiger partial charge on any atom is 0.264 e. The normalized spacial score (nSPS) is 13.9. The second-order valence-corrected chi connectivity index (χ2v) is 2.50. The number of carbonyl (C=O) groups excluding carboxylic acids is 1. The second-order valence-electron chi connectivity index (χ2n) is 2.50. The number of hydrogen-bond acceptors (Lipinski definition) is 4. The summed E-state index contributed by atoms with van der Waals surface area (Å²) in [5.74, 6) is 0.0162. The Morgan fingerprint density at radius 1 is 1.36 bits per heavy atom. The summed E-state index contributed by atoms with van der Waals surface area (Å²) in [5.41, 5.74) is 2.15. The molecule has 1 aliphatic rings. The molecule has 2 heterocycles. The van der Waals surface area contributed by atoms with Crippen molar-refractivity contribution in [2.24, 2.45) is 5.10 Å². The van der Waals surface area contributed by atoms with Crippen molar-refractivity contribution in [1.82, 2.24) is 15.6 Å². The lowest BCUT2D eigenvalue weighted by atomic mass is 10.3. The van der Waals surface area contributed by atoms with E-state index in [1.165, 1.54) is 12.3 Å². The van der Waals surface area contributed by atoms with E-state index in [9.17, 15) is 9.59 Å². The maximum atomic E-state index is 10.2. The summed E-state index contributed by atoms with van der Waals surface area (Å²) in [6.45, 7) is 0. The van der Waals surface area contributed by atoms with Crippen molar-refractivity contribution in [3.63, 3.8) is 0 Å². The summed E-state index contributed by atoms with van der Waals surface area (Å²) < 4.78 is 0.